The summed E-state index contributed by atoms with van der Waals surface area (Å²) >= 11 is 0. The molecule has 0 bridgehead atoms. The third-order valence-electron chi connectivity index (χ3n) is 5.96. The molecule has 0 spiro atoms. The zero-order valence-electron chi connectivity index (χ0n) is 16.5. The van der Waals surface area contributed by atoms with Gasteiger partial charge in [-0.2, -0.15) is 0 Å². The maximum absolute atomic E-state index is 10.9. The molecule has 1 heteroatoms. The summed E-state index contributed by atoms with van der Waals surface area (Å²) < 4.78 is 0. The Morgan fingerprint density at radius 3 is 1.62 bits per heavy atom. The van der Waals surface area contributed by atoms with Gasteiger partial charge >= 0.3 is 0 Å². The Balaban J connectivity index is 2.24. The fraction of sp³-hybridized carbons (Fsp3) is 0.240. The highest BCUT2D eigenvalue weighted by Gasteiger charge is 2.16. The highest BCUT2D eigenvalue weighted by molar-refractivity contribution is 5.83. The van der Waals surface area contributed by atoms with Crippen LogP contribution in [-0.2, 0) is 0 Å². The van der Waals surface area contributed by atoms with Crippen LogP contribution in [0.3, 0.4) is 0 Å². The smallest absolute Gasteiger partial charge is 0.150 e. The maximum atomic E-state index is 10.9. The van der Waals surface area contributed by atoms with Crippen LogP contribution in [0.2, 0.25) is 0 Å². The molecule has 0 amide bonds. The second-order valence-corrected chi connectivity index (χ2v) is 7.22. The molecule has 3 rings (SSSR count). The molecule has 0 fully saturated rings. The largest absolute Gasteiger partial charge is 0.298 e. The molecule has 0 aliphatic carbocycles. The molecule has 1 nitrogen and oxygen atoms in total. The molecule has 0 aliphatic rings. The molecular formula is C25H26O. The fourth-order valence-electron chi connectivity index (χ4n) is 3.86. The molecule has 26 heavy (non-hydrogen) atoms. The van der Waals surface area contributed by atoms with Crippen LogP contribution in [0.5, 0.6) is 0 Å². The van der Waals surface area contributed by atoms with Gasteiger partial charge in [-0.25, -0.2) is 0 Å². The van der Waals surface area contributed by atoms with Gasteiger partial charge in [0.15, 0.2) is 0 Å². The number of benzene rings is 3. The van der Waals surface area contributed by atoms with Gasteiger partial charge in [0.2, 0.25) is 0 Å². The summed E-state index contributed by atoms with van der Waals surface area (Å²) in [6.45, 7) is 13.3. The molecule has 0 saturated heterocycles. The zero-order chi connectivity index (χ0) is 19.0. The van der Waals surface area contributed by atoms with Crippen molar-refractivity contribution in [2.45, 2.75) is 41.5 Å². The number of hydrogen-bond acceptors (Lipinski definition) is 1. The van der Waals surface area contributed by atoms with Gasteiger partial charge in [0.1, 0.15) is 6.29 Å². The van der Waals surface area contributed by atoms with Gasteiger partial charge in [0.25, 0.3) is 0 Å². The minimum atomic E-state index is 0.707. The lowest BCUT2D eigenvalue weighted by molar-refractivity contribution is 0.112. The second kappa shape index (κ2) is 6.92. The lowest BCUT2D eigenvalue weighted by Crippen LogP contribution is -2.01. The first-order chi connectivity index (χ1) is 12.4. The van der Waals surface area contributed by atoms with Crippen LogP contribution < -0.4 is 0 Å². The Labute approximate surface area is 156 Å². The molecule has 0 heterocycles. The van der Waals surface area contributed by atoms with E-state index < -0.39 is 0 Å². The SMILES string of the molecule is Cc1c(-c2ccc(C=O)cc2)cccc1-c1c(C)c(C)c(C)c(C)c1C. The Hall–Kier alpha value is -2.67. The van der Waals surface area contributed by atoms with Crippen molar-refractivity contribution in [3.8, 4) is 22.3 Å². The summed E-state index contributed by atoms with van der Waals surface area (Å²) in [6.07, 6.45) is 0.887. The highest BCUT2D eigenvalue weighted by atomic mass is 16.1. The monoisotopic (exact) mass is 342 g/mol. The fourth-order valence-corrected chi connectivity index (χ4v) is 3.86. The zero-order valence-corrected chi connectivity index (χ0v) is 16.5. The Morgan fingerprint density at radius 1 is 0.577 bits per heavy atom. The summed E-state index contributed by atoms with van der Waals surface area (Å²) in [6, 6.07) is 14.3. The van der Waals surface area contributed by atoms with Crippen molar-refractivity contribution in [2.24, 2.45) is 0 Å². The van der Waals surface area contributed by atoms with Crippen molar-refractivity contribution in [2.75, 3.05) is 0 Å². The van der Waals surface area contributed by atoms with E-state index in [0.717, 1.165) is 11.8 Å². The average molecular weight is 342 g/mol. The first-order valence-electron chi connectivity index (χ1n) is 9.09. The maximum Gasteiger partial charge on any atom is 0.150 e. The third-order valence-corrected chi connectivity index (χ3v) is 5.96. The first-order valence-corrected chi connectivity index (χ1v) is 9.09. The number of rotatable bonds is 3. The summed E-state index contributed by atoms with van der Waals surface area (Å²) in [5.74, 6) is 0. The molecule has 132 valence electrons. The van der Waals surface area contributed by atoms with Crippen LogP contribution >= 0.6 is 0 Å². The van der Waals surface area contributed by atoms with Crippen LogP contribution in [0.25, 0.3) is 22.3 Å². The van der Waals surface area contributed by atoms with E-state index in [1.54, 1.807) is 0 Å². The minimum absolute atomic E-state index is 0.707. The Kier molecular flexibility index (Phi) is 4.82. The van der Waals surface area contributed by atoms with Crippen molar-refractivity contribution in [3.05, 3.63) is 81.4 Å². The molecule has 3 aromatic rings. The molecule has 0 unspecified atom stereocenters. The minimum Gasteiger partial charge on any atom is -0.298 e. The van der Waals surface area contributed by atoms with Crippen molar-refractivity contribution < 1.29 is 4.79 Å². The van der Waals surface area contributed by atoms with Crippen LogP contribution in [0.15, 0.2) is 42.5 Å². The third kappa shape index (κ3) is 2.88. The topological polar surface area (TPSA) is 17.1 Å². The van der Waals surface area contributed by atoms with Crippen molar-refractivity contribution in [1.82, 2.24) is 0 Å². The van der Waals surface area contributed by atoms with Crippen molar-refractivity contribution in [1.29, 1.82) is 0 Å². The van der Waals surface area contributed by atoms with E-state index in [9.17, 15) is 4.79 Å². The number of aldehydes is 1. The predicted molar refractivity (Wildman–Crippen MR) is 111 cm³/mol. The van der Waals surface area contributed by atoms with E-state index in [2.05, 4.69) is 59.7 Å². The van der Waals surface area contributed by atoms with E-state index >= 15 is 0 Å². The normalized spacial score (nSPS) is 10.8. The number of hydrogen-bond donors (Lipinski definition) is 0. The predicted octanol–water partition coefficient (Wildman–Crippen LogP) is 6.68. The van der Waals surface area contributed by atoms with Gasteiger partial charge in [-0.05, 0) is 97.2 Å². The summed E-state index contributed by atoms with van der Waals surface area (Å²) in [5.41, 5.74) is 13.9. The van der Waals surface area contributed by atoms with Crippen LogP contribution in [0.1, 0.15) is 43.7 Å². The Bertz CT molecular complexity index is 963. The molecule has 3 aromatic carbocycles. The standard InChI is InChI=1S/C25H26O/c1-15-16(2)18(4)25(19(5)17(15)3)24-9-7-8-23(20(24)6)22-12-10-21(14-26)11-13-22/h7-14H,1-6H3. The van der Waals surface area contributed by atoms with Gasteiger partial charge in [0.05, 0.1) is 0 Å². The van der Waals surface area contributed by atoms with Crippen molar-refractivity contribution in [3.63, 3.8) is 0 Å². The average Bonchev–Trinajstić information content (AvgIpc) is 2.66. The van der Waals surface area contributed by atoms with E-state index in [4.69, 9.17) is 0 Å². The quantitative estimate of drug-likeness (QED) is 0.485. The van der Waals surface area contributed by atoms with Crippen LogP contribution in [0.4, 0.5) is 0 Å². The molecule has 0 aliphatic heterocycles. The van der Waals surface area contributed by atoms with E-state index in [0.29, 0.717) is 5.56 Å². The lowest BCUT2D eigenvalue weighted by atomic mass is 9.83. The van der Waals surface area contributed by atoms with Gasteiger partial charge < -0.3 is 0 Å². The van der Waals surface area contributed by atoms with Crippen LogP contribution in [-0.4, -0.2) is 6.29 Å². The number of carbonyl (C=O) groups excluding carboxylic acids is 1. The summed E-state index contributed by atoms with van der Waals surface area (Å²) in [5, 5.41) is 0. The van der Waals surface area contributed by atoms with Gasteiger partial charge in [0, 0.05) is 5.56 Å². The van der Waals surface area contributed by atoms with Crippen molar-refractivity contribution >= 4 is 6.29 Å². The molecule has 0 N–H and O–H groups in total. The van der Waals surface area contributed by atoms with E-state index in [1.807, 2.05) is 24.3 Å². The molecular weight excluding hydrogens is 316 g/mol. The lowest BCUT2D eigenvalue weighted by Gasteiger charge is -2.21. The molecule has 0 saturated carbocycles. The molecule has 0 atom stereocenters. The molecule has 0 radical (unpaired) electrons. The highest BCUT2D eigenvalue weighted by Crippen LogP contribution is 2.38. The second-order valence-electron chi connectivity index (χ2n) is 7.22. The number of carbonyl (C=O) groups is 1. The Morgan fingerprint density at radius 2 is 1.08 bits per heavy atom. The van der Waals surface area contributed by atoms with E-state index in [1.165, 1.54) is 50.1 Å². The summed E-state index contributed by atoms with van der Waals surface area (Å²) in [4.78, 5) is 10.9. The summed E-state index contributed by atoms with van der Waals surface area (Å²) in [7, 11) is 0. The first kappa shape index (κ1) is 18.1. The molecule has 0 aromatic heterocycles. The van der Waals surface area contributed by atoms with Gasteiger partial charge in [-0.1, -0.05) is 42.5 Å². The van der Waals surface area contributed by atoms with Gasteiger partial charge in [-0.3, -0.25) is 4.79 Å². The van der Waals surface area contributed by atoms with E-state index in [-0.39, 0.29) is 0 Å². The van der Waals surface area contributed by atoms with Crippen LogP contribution in [0, 0.1) is 41.5 Å². The van der Waals surface area contributed by atoms with Gasteiger partial charge in [-0.15, -0.1) is 0 Å².